The molecule has 2 amide bonds. The smallest absolute Gasteiger partial charge is 0.270 e. The summed E-state index contributed by atoms with van der Waals surface area (Å²) in [5.74, 6) is 1.22. The number of carbonyl (C=O) groups excluding carboxylic acids is 2. The molecule has 0 radical (unpaired) electrons. The molecule has 1 aliphatic carbocycles. The van der Waals surface area contributed by atoms with E-state index in [1.54, 1.807) is 18.5 Å². The molecule has 2 aliphatic rings. The monoisotopic (exact) mass is 339 g/mol. The maximum Gasteiger partial charge on any atom is 0.270 e. The van der Waals surface area contributed by atoms with Gasteiger partial charge in [-0.15, -0.1) is 0 Å². The molecule has 0 spiro atoms. The normalized spacial score (nSPS) is 23.2. The Morgan fingerprint density at radius 3 is 2.84 bits per heavy atom. The van der Waals surface area contributed by atoms with Crippen LogP contribution in [0.1, 0.15) is 42.0 Å². The Labute approximate surface area is 145 Å². The summed E-state index contributed by atoms with van der Waals surface area (Å²) in [5, 5.41) is 6.11. The first kappa shape index (κ1) is 15.8. The third-order valence-corrected chi connectivity index (χ3v) is 4.97. The van der Waals surface area contributed by atoms with Crippen molar-refractivity contribution in [1.82, 2.24) is 25.2 Å². The maximum absolute atomic E-state index is 12.7. The quantitative estimate of drug-likeness (QED) is 0.880. The number of pyridine rings is 1. The van der Waals surface area contributed by atoms with E-state index in [2.05, 4.69) is 20.6 Å². The standard InChI is InChI=1S/C18H21N5O2/c1-11-19-8-9-23(11)13-6-7-20-15(10-13)18(25)21-14-4-5-16(24)22-17(14)12-2-3-12/h6-10,12,14,17H,2-5H2,1H3,(H,21,25)(H,22,24)/t14-,17+/m1/s1. The fourth-order valence-corrected chi connectivity index (χ4v) is 3.48. The average Bonchev–Trinajstić information content (AvgIpc) is 3.37. The minimum Gasteiger partial charge on any atom is -0.351 e. The van der Waals surface area contributed by atoms with Gasteiger partial charge in [0.25, 0.3) is 5.91 Å². The fourth-order valence-electron chi connectivity index (χ4n) is 3.48. The van der Waals surface area contributed by atoms with Gasteiger partial charge in [-0.3, -0.25) is 14.6 Å². The lowest BCUT2D eigenvalue weighted by molar-refractivity contribution is -0.124. The molecule has 7 heteroatoms. The minimum absolute atomic E-state index is 0.0295. The van der Waals surface area contributed by atoms with Gasteiger partial charge in [-0.25, -0.2) is 4.98 Å². The van der Waals surface area contributed by atoms with Gasteiger partial charge in [0.05, 0.1) is 17.8 Å². The van der Waals surface area contributed by atoms with Crippen LogP contribution in [-0.4, -0.2) is 38.4 Å². The molecule has 4 rings (SSSR count). The van der Waals surface area contributed by atoms with E-state index in [-0.39, 0.29) is 23.9 Å². The highest BCUT2D eigenvalue weighted by Crippen LogP contribution is 2.36. The predicted octanol–water partition coefficient (Wildman–Crippen LogP) is 1.36. The number of nitrogens with zero attached hydrogens (tertiary/aromatic N) is 3. The van der Waals surface area contributed by atoms with E-state index in [4.69, 9.17) is 0 Å². The van der Waals surface area contributed by atoms with Crippen LogP contribution in [0, 0.1) is 12.8 Å². The number of hydrogen-bond donors (Lipinski definition) is 2. The Morgan fingerprint density at radius 1 is 1.28 bits per heavy atom. The molecule has 7 nitrogen and oxygen atoms in total. The number of aryl methyl sites for hydroxylation is 1. The topological polar surface area (TPSA) is 88.9 Å². The molecule has 0 bridgehead atoms. The molecule has 3 heterocycles. The minimum atomic E-state index is -0.202. The summed E-state index contributed by atoms with van der Waals surface area (Å²) < 4.78 is 1.91. The SMILES string of the molecule is Cc1nccn1-c1ccnc(C(=O)N[C@@H]2CCC(=O)N[C@H]2C2CC2)c1. The zero-order chi connectivity index (χ0) is 17.4. The zero-order valence-electron chi connectivity index (χ0n) is 14.1. The molecule has 0 unspecified atom stereocenters. The number of aromatic nitrogens is 3. The van der Waals surface area contributed by atoms with Crippen molar-refractivity contribution in [3.63, 3.8) is 0 Å². The number of imidazole rings is 1. The van der Waals surface area contributed by atoms with Crippen molar-refractivity contribution >= 4 is 11.8 Å². The van der Waals surface area contributed by atoms with Gasteiger partial charge in [-0.05, 0) is 44.2 Å². The summed E-state index contributed by atoms with van der Waals surface area (Å²) in [6.07, 6.45) is 8.57. The van der Waals surface area contributed by atoms with Crippen LogP contribution in [0.5, 0.6) is 0 Å². The second-order valence-corrected chi connectivity index (χ2v) is 6.79. The van der Waals surface area contributed by atoms with Crippen LogP contribution in [-0.2, 0) is 4.79 Å². The van der Waals surface area contributed by atoms with E-state index in [1.165, 1.54) is 0 Å². The van der Waals surface area contributed by atoms with Crippen molar-refractivity contribution in [3.8, 4) is 5.69 Å². The first-order valence-electron chi connectivity index (χ1n) is 8.68. The van der Waals surface area contributed by atoms with E-state index in [0.717, 1.165) is 24.4 Å². The lowest BCUT2D eigenvalue weighted by Gasteiger charge is -2.33. The van der Waals surface area contributed by atoms with Crippen molar-refractivity contribution in [3.05, 3.63) is 42.2 Å². The summed E-state index contributed by atoms with van der Waals surface area (Å²) in [6, 6.07) is 3.62. The van der Waals surface area contributed by atoms with Crippen molar-refractivity contribution < 1.29 is 9.59 Å². The van der Waals surface area contributed by atoms with E-state index in [0.29, 0.717) is 24.5 Å². The summed E-state index contributed by atoms with van der Waals surface area (Å²) in [5.41, 5.74) is 1.22. The van der Waals surface area contributed by atoms with E-state index in [1.807, 2.05) is 23.8 Å². The highest BCUT2D eigenvalue weighted by atomic mass is 16.2. The molecular weight excluding hydrogens is 318 g/mol. The van der Waals surface area contributed by atoms with E-state index >= 15 is 0 Å². The Morgan fingerprint density at radius 2 is 2.12 bits per heavy atom. The van der Waals surface area contributed by atoms with Crippen LogP contribution in [0.2, 0.25) is 0 Å². The summed E-state index contributed by atoms with van der Waals surface area (Å²) in [4.78, 5) is 32.8. The highest BCUT2D eigenvalue weighted by molar-refractivity contribution is 5.93. The van der Waals surface area contributed by atoms with Gasteiger partial charge in [0.1, 0.15) is 11.5 Å². The number of nitrogens with one attached hydrogen (secondary N) is 2. The number of amides is 2. The van der Waals surface area contributed by atoms with Gasteiger partial charge in [0.15, 0.2) is 0 Å². The fraction of sp³-hybridized carbons (Fsp3) is 0.444. The van der Waals surface area contributed by atoms with Gasteiger partial charge < -0.3 is 15.2 Å². The largest absolute Gasteiger partial charge is 0.351 e. The molecule has 1 saturated heterocycles. The highest BCUT2D eigenvalue weighted by Gasteiger charge is 2.40. The predicted molar refractivity (Wildman–Crippen MR) is 91.2 cm³/mol. The Bertz CT molecular complexity index is 811. The molecular formula is C18H21N5O2. The van der Waals surface area contributed by atoms with Crippen LogP contribution in [0.3, 0.4) is 0 Å². The van der Waals surface area contributed by atoms with Crippen molar-refractivity contribution in [2.75, 3.05) is 0 Å². The average molecular weight is 339 g/mol. The molecule has 130 valence electrons. The van der Waals surface area contributed by atoms with Crippen LogP contribution < -0.4 is 10.6 Å². The van der Waals surface area contributed by atoms with Gasteiger partial charge in [-0.1, -0.05) is 0 Å². The molecule has 0 aromatic carbocycles. The Balaban J connectivity index is 1.51. The second kappa shape index (κ2) is 6.31. The van der Waals surface area contributed by atoms with Crippen molar-refractivity contribution in [2.24, 2.45) is 5.92 Å². The molecule has 2 aromatic heterocycles. The van der Waals surface area contributed by atoms with Crippen LogP contribution >= 0.6 is 0 Å². The van der Waals surface area contributed by atoms with Gasteiger partial charge in [-0.2, -0.15) is 0 Å². The molecule has 2 fully saturated rings. The molecule has 2 aromatic rings. The molecule has 1 aliphatic heterocycles. The van der Waals surface area contributed by atoms with Crippen molar-refractivity contribution in [1.29, 1.82) is 0 Å². The van der Waals surface area contributed by atoms with E-state index in [9.17, 15) is 9.59 Å². The van der Waals surface area contributed by atoms with Crippen LogP contribution in [0.25, 0.3) is 5.69 Å². The zero-order valence-corrected chi connectivity index (χ0v) is 14.1. The number of hydrogen-bond acceptors (Lipinski definition) is 4. The number of rotatable bonds is 4. The van der Waals surface area contributed by atoms with Gasteiger partial charge in [0.2, 0.25) is 5.91 Å². The van der Waals surface area contributed by atoms with Crippen LogP contribution in [0.15, 0.2) is 30.7 Å². The van der Waals surface area contributed by atoms with Gasteiger partial charge >= 0.3 is 0 Å². The van der Waals surface area contributed by atoms with Crippen LogP contribution in [0.4, 0.5) is 0 Å². The first-order valence-corrected chi connectivity index (χ1v) is 8.68. The Hall–Kier alpha value is -2.70. The third kappa shape index (κ3) is 3.26. The number of carbonyl (C=O) groups is 2. The first-order chi connectivity index (χ1) is 12.1. The Kier molecular flexibility index (Phi) is 3.99. The van der Waals surface area contributed by atoms with E-state index < -0.39 is 0 Å². The van der Waals surface area contributed by atoms with Crippen molar-refractivity contribution in [2.45, 2.75) is 44.7 Å². The second-order valence-electron chi connectivity index (χ2n) is 6.79. The third-order valence-electron chi connectivity index (χ3n) is 4.97. The summed E-state index contributed by atoms with van der Waals surface area (Å²) >= 11 is 0. The maximum atomic E-state index is 12.7. The number of piperidine rings is 1. The molecule has 2 atom stereocenters. The van der Waals surface area contributed by atoms with Gasteiger partial charge in [0, 0.05) is 25.0 Å². The summed E-state index contributed by atoms with van der Waals surface area (Å²) in [6.45, 7) is 1.91. The summed E-state index contributed by atoms with van der Waals surface area (Å²) in [7, 11) is 0. The molecule has 2 N–H and O–H groups in total. The molecule has 25 heavy (non-hydrogen) atoms. The lowest BCUT2D eigenvalue weighted by Crippen LogP contribution is -2.56. The lowest BCUT2D eigenvalue weighted by atomic mass is 9.94. The molecule has 1 saturated carbocycles.